The summed E-state index contributed by atoms with van der Waals surface area (Å²) >= 11 is 1.64. The molecular formula is C18H16O2S. The van der Waals surface area contributed by atoms with Gasteiger partial charge in [0.1, 0.15) is 0 Å². The fourth-order valence-electron chi connectivity index (χ4n) is 2.72. The van der Waals surface area contributed by atoms with Crippen LogP contribution in [0.15, 0.2) is 42.5 Å². The molecule has 2 nitrogen and oxygen atoms in total. The summed E-state index contributed by atoms with van der Waals surface area (Å²) in [5.41, 5.74) is 2.75. The molecule has 0 radical (unpaired) electrons. The monoisotopic (exact) mass is 296 g/mol. The third kappa shape index (κ3) is 2.34. The lowest BCUT2D eigenvalue weighted by Crippen LogP contribution is -2.03. The second-order valence-corrected chi connectivity index (χ2v) is 6.45. The summed E-state index contributed by atoms with van der Waals surface area (Å²) in [6, 6.07) is 14.5. The van der Waals surface area contributed by atoms with Gasteiger partial charge >= 0.3 is 5.97 Å². The molecule has 0 bridgehead atoms. The van der Waals surface area contributed by atoms with Crippen molar-refractivity contribution < 1.29 is 9.53 Å². The van der Waals surface area contributed by atoms with E-state index in [2.05, 4.69) is 37.3 Å². The topological polar surface area (TPSA) is 26.3 Å². The number of carbonyl (C=O) groups is 1. The van der Waals surface area contributed by atoms with Crippen molar-refractivity contribution in [3.63, 3.8) is 0 Å². The Morgan fingerprint density at radius 2 is 1.71 bits per heavy atom. The van der Waals surface area contributed by atoms with Crippen molar-refractivity contribution >= 4 is 28.1 Å². The van der Waals surface area contributed by atoms with Crippen LogP contribution in [-0.2, 0) is 4.74 Å². The number of rotatable bonds is 2. The van der Waals surface area contributed by atoms with Crippen LogP contribution in [0.1, 0.15) is 20.1 Å². The first-order chi connectivity index (χ1) is 10.1. The Morgan fingerprint density at radius 3 is 2.43 bits per heavy atom. The van der Waals surface area contributed by atoms with E-state index in [4.69, 9.17) is 4.74 Å². The van der Waals surface area contributed by atoms with Crippen LogP contribution in [0, 0.1) is 13.8 Å². The highest BCUT2D eigenvalue weighted by atomic mass is 32.1. The van der Waals surface area contributed by atoms with E-state index >= 15 is 0 Å². The Hall–Kier alpha value is -2.13. The van der Waals surface area contributed by atoms with E-state index < -0.39 is 0 Å². The Morgan fingerprint density at radius 1 is 1.00 bits per heavy atom. The Balaban J connectivity index is 2.25. The number of aryl methyl sites for hydroxylation is 2. The normalized spacial score (nSPS) is 10.8. The fraction of sp³-hybridized carbons (Fsp3) is 0.167. The molecule has 0 atom stereocenters. The number of hydrogen-bond acceptors (Lipinski definition) is 3. The van der Waals surface area contributed by atoms with E-state index in [1.807, 2.05) is 19.1 Å². The molecule has 0 unspecified atom stereocenters. The Kier molecular flexibility index (Phi) is 3.52. The van der Waals surface area contributed by atoms with Gasteiger partial charge in [0.05, 0.1) is 12.7 Å². The van der Waals surface area contributed by atoms with E-state index in [1.54, 1.807) is 11.3 Å². The fourth-order valence-corrected chi connectivity index (χ4v) is 3.79. The predicted octanol–water partition coefficient (Wildman–Crippen LogP) is 4.97. The van der Waals surface area contributed by atoms with Gasteiger partial charge in [0.15, 0.2) is 0 Å². The first kappa shape index (κ1) is 13.8. The Bertz CT molecular complexity index is 830. The van der Waals surface area contributed by atoms with Gasteiger partial charge in [-0.25, -0.2) is 4.79 Å². The number of ether oxygens (including phenoxy) is 1. The highest BCUT2D eigenvalue weighted by Gasteiger charge is 2.21. The SMILES string of the molecule is COC(=O)c1c(C)sc(C)c1-c1ccc2ccccc2c1. The van der Waals surface area contributed by atoms with Crippen LogP contribution in [0.2, 0.25) is 0 Å². The molecule has 2 aromatic carbocycles. The van der Waals surface area contributed by atoms with Crippen LogP contribution in [0.4, 0.5) is 0 Å². The van der Waals surface area contributed by atoms with E-state index in [0.717, 1.165) is 20.9 Å². The summed E-state index contributed by atoms with van der Waals surface area (Å²) in [5, 5.41) is 2.37. The summed E-state index contributed by atoms with van der Waals surface area (Å²) in [6.07, 6.45) is 0. The lowest BCUT2D eigenvalue weighted by Gasteiger charge is -2.07. The first-order valence-electron chi connectivity index (χ1n) is 6.79. The molecule has 3 rings (SSSR count). The van der Waals surface area contributed by atoms with Gasteiger partial charge in [0.2, 0.25) is 0 Å². The van der Waals surface area contributed by atoms with Crippen molar-refractivity contribution in [1.82, 2.24) is 0 Å². The second-order valence-electron chi connectivity index (χ2n) is 5.02. The van der Waals surface area contributed by atoms with E-state index in [1.165, 1.54) is 17.9 Å². The van der Waals surface area contributed by atoms with Crippen molar-refractivity contribution in [3.8, 4) is 11.1 Å². The summed E-state index contributed by atoms with van der Waals surface area (Å²) in [5.74, 6) is -0.264. The van der Waals surface area contributed by atoms with E-state index in [9.17, 15) is 4.79 Å². The molecule has 3 heteroatoms. The highest BCUT2D eigenvalue weighted by molar-refractivity contribution is 7.12. The standard InChI is InChI=1S/C18H16O2S/c1-11-16(17(12(2)21-11)18(19)20-3)15-9-8-13-6-4-5-7-14(13)10-15/h4-10H,1-3H3. The highest BCUT2D eigenvalue weighted by Crippen LogP contribution is 2.37. The zero-order valence-corrected chi connectivity index (χ0v) is 13.1. The largest absolute Gasteiger partial charge is 0.465 e. The molecule has 0 fully saturated rings. The maximum Gasteiger partial charge on any atom is 0.339 e. The number of benzene rings is 2. The Labute approximate surface area is 128 Å². The summed E-state index contributed by atoms with van der Waals surface area (Å²) < 4.78 is 4.95. The van der Waals surface area contributed by atoms with Gasteiger partial charge in [0.25, 0.3) is 0 Å². The minimum Gasteiger partial charge on any atom is -0.465 e. The minimum atomic E-state index is -0.264. The van der Waals surface area contributed by atoms with Crippen LogP contribution in [0.25, 0.3) is 21.9 Å². The molecule has 0 N–H and O–H groups in total. The number of esters is 1. The molecule has 0 saturated carbocycles. The van der Waals surface area contributed by atoms with Crippen molar-refractivity contribution in [2.24, 2.45) is 0 Å². The van der Waals surface area contributed by atoms with Gasteiger partial charge in [0, 0.05) is 15.3 Å². The zero-order chi connectivity index (χ0) is 15.0. The molecule has 0 aliphatic rings. The van der Waals surface area contributed by atoms with Crippen molar-refractivity contribution in [2.45, 2.75) is 13.8 Å². The molecule has 21 heavy (non-hydrogen) atoms. The summed E-state index contributed by atoms with van der Waals surface area (Å²) in [4.78, 5) is 14.2. The predicted molar refractivity (Wildman–Crippen MR) is 88.1 cm³/mol. The van der Waals surface area contributed by atoms with E-state index in [-0.39, 0.29) is 5.97 Å². The van der Waals surface area contributed by atoms with Gasteiger partial charge in [-0.1, -0.05) is 36.4 Å². The van der Waals surface area contributed by atoms with Crippen LogP contribution < -0.4 is 0 Å². The lowest BCUT2D eigenvalue weighted by atomic mass is 9.97. The number of carbonyl (C=O) groups excluding carboxylic acids is 1. The number of methoxy groups -OCH3 is 1. The summed E-state index contributed by atoms with van der Waals surface area (Å²) in [6.45, 7) is 4.02. The molecule has 1 aromatic heterocycles. The third-order valence-electron chi connectivity index (χ3n) is 3.69. The summed E-state index contributed by atoms with van der Waals surface area (Å²) in [7, 11) is 1.43. The number of hydrogen-bond donors (Lipinski definition) is 0. The van der Waals surface area contributed by atoms with Crippen molar-refractivity contribution in [2.75, 3.05) is 7.11 Å². The van der Waals surface area contributed by atoms with E-state index in [0.29, 0.717) is 5.56 Å². The third-order valence-corrected chi connectivity index (χ3v) is 4.71. The van der Waals surface area contributed by atoms with Crippen LogP contribution in [0.5, 0.6) is 0 Å². The zero-order valence-electron chi connectivity index (χ0n) is 12.3. The molecule has 0 aliphatic heterocycles. The maximum atomic E-state index is 12.1. The van der Waals surface area contributed by atoms with Crippen LogP contribution in [0.3, 0.4) is 0 Å². The average molecular weight is 296 g/mol. The van der Waals surface area contributed by atoms with Crippen LogP contribution in [-0.4, -0.2) is 13.1 Å². The molecule has 106 valence electrons. The minimum absolute atomic E-state index is 0.264. The molecular weight excluding hydrogens is 280 g/mol. The number of thiophene rings is 1. The molecule has 0 amide bonds. The van der Waals surface area contributed by atoms with Crippen molar-refractivity contribution in [3.05, 3.63) is 57.8 Å². The molecule has 1 heterocycles. The molecule has 0 saturated heterocycles. The molecule has 3 aromatic rings. The van der Waals surface area contributed by atoms with Gasteiger partial charge in [-0.15, -0.1) is 11.3 Å². The maximum absolute atomic E-state index is 12.1. The smallest absolute Gasteiger partial charge is 0.339 e. The van der Waals surface area contributed by atoms with Gasteiger partial charge < -0.3 is 4.74 Å². The number of fused-ring (bicyclic) bond motifs is 1. The quantitative estimate of drug-likeness (QED) is 0.624. The first-order valence-corrected chi connectivity index (χ1v) is 7.61. The molecule has 0 aliphatic carbocycles. The lowest BCUT2D eigenvalue weighted by molar-refractivity contribution is 0.0601. The van der Waals surface area contributed by atoms with Gasteiger partial charge in [-0.3, -0.25) is 0 Å². The average Bonchev–Trinajstić information content (AvgIpc) is 2.80. The van der Waals surface area contributed by atoms with Crippen molar-refractivity contribution in [1.29, 1.82) is 0 Å². The second kappa shape index (κ2) is 5.34. The van der Waals surface area contributed by atoms with Crippen LogP contribution >= 0.6 is 11.3 Å². The van der Waals surface area contributed by atoms with Gasteiger partial charge in [-0.05, 0) is 36.2 Å². The van der Waals surface area contributed by atoms with Gasteiger partial charge in [-0.2, -0.15) is 0 Å². The molecule has 0 spiro atoms.